The first-order chi connectivity index (χ1) is 12.1. The van der Waals surface area contributed by atoms with Crippen LogP contribution in [0.5, 0.6) is 11.5 Å². The number of aromatic nitrogens is 2. The van der Waals surface area contributed by atoms with Crippen LogP contribution in [0.15, 0.2) is 48.5 Å². The summed E-state index contributed by atoms with van der Waals surface area (Å²) in [5, 5.41) is 11.9. The summed E-state index contributed by atoms with van der Waals surface area (Å²) >= 11 is 1.30. The van der Waals surface area contributed by atoms with Crippen molar-refractivity contribution in [2.75, 3.05) is 19.0 Å². The van der Waals surface area contributed by atoms with Gasteiger partial charge in [0.2, 0.25) is 5.13 Å². The highest BCUT2D eigenvalue weighted by Crippen LogP contribution is 2.27. The number of carbonyl (C=O) groups excluding carboxylic acids is 1. The number of methoxy groups -OCH3 is 1. The van der Waals surface area contributed by atoms with Gasteiger partial charge >= 0.3 is 0 Å². The van der Waals surface area contributed by atoms with E-state index in [2.05, 4.69) is 15.5 Å². The maximum Gasteiger partial charge on any atom is 0.264 e. The van der Waals surface area contributed by atoms with E-state index in [0.29, 0.717) is 10.9 Å². The third-order valence-electron chi connectivity index (χ3n) is 3.40. The minimum atomic E-state index is -0.280. The SMILES string of the molecule is COc1ccc(-c2nnc(NC(=O)COc3ccc(C)cc3)s2)cc1. The predicted octanol–water partition coefficient (Wildman–Crippen LogP) is 3.54. The van der Waals surface area contributed by atoms with E-state index in [1.54, 1.807) is 7.11 Å². The molecule has 7 heteroatoms. The first kappa shape index (κ1) is 16.9. The number of aryl methyl sites for hydroxylation is 1. The zero-order chi connectivity index (χ0) is 17.6. The van der Waals surface area contributed by atoms with Crippen LogP contribution in [-0.2, 0) is 4.79 Å². The van der Waals surface area contributed by atoms with Crippen molar-refractivity contribution in [3.8, 4) is 22.1 Å². The highest BCUT2D eigenvalue weighted by Gasteiger charge is 2.10. The van der Waals surface area contributed by atoms with Gasteiger partial charge in [0.15, 0.2) is 6.61 Å². The molecule has 0 spiro atoms. The number of hydrogen-bond acceptors (Lipinski definition) is 6. The molecule has 0 radical (unpaired) electrons. The zero-order valence-electron chi connectivity index (χ0n) is 13.9. The highest BCUT2D eigenvalue weighted by atomic mass is 32.1. The molecule has 3 rings (SSSR count). The normalized spacial score (nSPS) is 10.3. The van der Waals surface area contributed by atoms with Gasteiger partial charge in [-0.15, -0.1) is 10.2 Å². The topological polar surface area (TPSA) is 73.3 Å². The number of nitrogens with zero attached hydrogens (tertiary/aromatic N) is 2. The van der Waals surface area contributed by atoms with E-state index in [-0.39, 0.29) is 12.5 Å². The van der Waals surface area contributed by atoms with Gasteiger partial charge < -0.3 is 9.47 Å². The lowest BCUT2D eigenvalue weighted by Gasteiger charge is -2.05. The van der Waals surface area contributed by atoms with Crippen LogP contribution in [0.25, 0.3) is 10.6 Å². The van der Waals surface area contributed by atoms with E-state index in [1.165, 1.54) is 11.3 Å². The Morgan fingerprint density at radius 3 is 2.40 bits per heavy atom. The van der Waals surface area contributed by atoms with E-state index in [0.717, 1.165) is 21.9 Å². The van der Waals surface area contributed by atoms with Crippen molar-refractivity contribution >= 4 is 22.4 Å². The fourth-order valence-corrected chi connectivity index (χ4v) is 2.83. The maximum atomic E-state index is 12.0. The summed E-state index contributed by atoms with van der Waals surface area (Å²) < 4.78 is 10.6. The average Bonchev–Trinajstić information content (AvgIpc) is 3.10. The average molecular weight is 355 g/mol. The third-order valence-corrected chi connectivity index (χ3v) is 4.29. The predicted molar refractivity (Wildman–Crippen MR) is 97.2 cm³/mol. The molecule has 0 atom stereocenters. The molecule has 0 fully saturated rings. The van der Waals surface area contributed by atoms with E-state index in [9.17, 15) is 4.79 Å². The number of anilines is 1. The molecule has 2 aromatic carbocycles. The Hall–Kier alpha value is -2.93. The van der Waals surface area contributed by atoms with Gasteiger partial charge in [-0.1, -0.05) is 29.0 Å². The lowest BCUT2D eigenvalue weighted by Crippen LogP contribution is -2.20. The van der Waals surface area contributed by atoms with Crippen molar-refractivity contribution < 1.29 is 14.3 Å². The quantitative estimate of drug-likeness (QED) is 0.732. The van der Waals surface area contributed by atoms with E-state index in [1.807, 2.05) is 55.5 Å². The van der Waals surface area contributed by atoms with E-state index >= 15 is 0 Å². The summed E-state index contributed by atoms with van der Waals surface area (Å²) in [6.07, 6.45) is 0. The van der Waals surface area contributed by atoms with Crippen LogP contribution in [0.2, 0.25) is 0 Å². The molecule has 128 valence electrons. The molecule has 1 aromatic heterocycles. The zero-order valence-corrected chi connectivity index (χ0v) is 14.7. The van der Waals surface area contributed by atoms with E-state index in [4.69, 9.17) is 9.47 Å². The molecule has 1 amide bonds. The Morgan fingerprint density at radius 2 is 1.72 bits per heavy atom. The van der Waals surface area contributed by atoms with Crippen molar-refractivity contribution in [2.24, 2.45) is 0 Å². The third kappa shape index (κ3) is 4.54. The van der Waals surface area contributed by atoms with Crippen molar-refractivity contribution in [3.05, 3.63) is 54.1 Å². The van der Waals surface area contributed by atoms with Crippen LogP contribution < -0.4 is 14.8 Å². The fourth-order valence-electron chi connectivity index (χ4n) is 2.06. The number of nitrogens with one attached hydrogen (secondary N) is 1. The largest absolute Gasteiger partial charge is 0.497 e. The number of amides is 1. The highest BCUT2D eigenvalue weighted by molar-refractivity contribution is 7.18. The van der Waals surface area contributed by atoms with Gasteiger partial charge in [0.05, 0.1) is 7.11 Å². The van der Waals surface area contributed by atoms with Crippen molar-refractivity contribution in [1.29, 1.82) is 0 Å². The van der Waals surface area contributed by atoms with Gasteiger partial charge in [-0.25, -0.2) is 0 Å². The maximum absolute atomic E-state index is 12.0. The molecular formula is C18H17N3O3S. The second kappa shape index (κ2) is 7.76. The summed E-state index contributed by atoms with van der Waals surface area (Å²) in [5.41, 5.74) is 2.05. The first-order valence-corrected chi connectivity index (χ1v) is 8.43. The van der Waals surface area contributed by atoms with Crippen LogP contribution >= 0.6 is 11.3 Å². The molecule has 0 aliphatic rings. The molecule has 25 heavy (non-hydrogen) atoms. The number of benzene rings is 2. The Balaban J connectivity index is 1.56. The molecular weight excluding hydrogens is 338 g/mol. The van der Waals surface area contributed by atoms with Gasteiger partial charge in [0, 0.05) is 5.56 Å². The summed E-state index contributed by atoms with van der Waals surface area (Å²) in [6.45, 7) is 1.91. The Morgan fingerprint density at radius 1 is 1.04 bits per heavy atom. The molecule has 0 bridgehead atoms. The smallest absolute Gasteiger partial charge is 0.264 e. The second-order valence-electron chi connectivity index (χ2n) is 5.29. The van der Waals surface area contributed by atoms with Crippen LogP contribution in [0.4, 0.5) is 5.13 Å². The number of rotatable bonds is 6. The van der Waals surface area contributed by atoms with Crippen molar-refractivity contribution in [2.45, 2.75) is 6.92 Å². The van der Waals surface area contributed by atoms with Crippen molar-refractivity contribution in [1.82, 2.24) is 10.2 Å². The van der Waals surface area contributed by atoms with Gasteiger partial charge in [-0.3, -0.25) is 10.1 Å². The fraction of sp³-hybridized carbons (Fsp3) is 0.167. The molecule has 3 aromatic rings. The summed E-state index contributed by atoms with van der Waals surface area (Å²) in [5.74, 6) is 1.14. The van der Waals surface area contributed by atoms with Crippen molar-refractivity contribution in [3.63, 3.8) is 0 Å². The lowest BCUT2D eigenvalue weighted by atomic mass is 10.2. The molecule has 1 heterocycles. The minimum Gasteiger partial charge on any atom is -0.497 e. The number of hydrogen-bond donors (Lipinski definition) is 1. The second-order valence-corrected chi connectivity index (χ2v) is 6.27. The molecule has 0 saturated carbocycles. The molecule has 0 aliphatic heterocycles. The first-order valence-electron chi connectivity index (χ1n) is 7.61. The Bertz CT molecular complexity index is 845. The summed E-state index contributed by atoms with van der Waals surface area (Å²) in [4.78, 5) is 12.0. The molecule has 0 saturated heterocycles. The van der Waals surface area contributed by atoms with E-state index < -0.39 is 0 Å². The number of carbonyl (C=O) groups is 1. The molecule has 0 unspecified atom stereocenters. The van der Waals surface area contributed by atoms with Gasteiger partial charge in [0.25, 0.3) is 5.91 Å². The van der Waals surface area contributed by atoms with Gasteiger partial charge in [-0.2, -0.15) is 0 Å². The Labute approximate surface area is 149 Å². The van der Waals surface area contributed by atoms with Gasteiger partial charge in [-0.05, 0) is 43.3 Å². The minimum absolute atomic E-state index is 0.0828. The van der Waals surface area contributed by atoms with Crippen LogP contribution in [0.3, 0.4) is 0 Å². The standard InChI is InChI=1S/C18H17N3O3S/c1-12-3-7-15(8-4-12)24-11-16(22)19-18-21-20-17(25-18)13-5-9-14(23-2)10-6-13/h3-10H,11H2,1-2H3,(H,19,21,22). The lowest BCUT2D eigenvalue weighted by molar-refractivity contribution is -0.118. The molecule has 0 aliphatic carbocycles. The summed E-state index contributed by atoms with van der Waals surface area (Å²) in [7, 11) is 1.62. The summed E-state index contributed by atoms with van der Waals surface area (Å²) in [6, 6.07) is 15.0. The van der Waals surface area contributed by atoms with Crippen LogP contribution in [-0.4, -0.2) is 29.8 Å². The van der Waals surface area contributed by atoms with Gasteiger partial charge in [0.1, 0.15) is 16.5 Å². The molecule has 1 N–H and O–H groups in total. The molecule has 6 nitrogen and oxygen atoms in total. The monoisotopic (exact) mass is 355 g/mol. The van der Waals surface area contributed by atoms with Crippen LogP contribution in [0, 0.1) is 6.92 Å². The van der Waals surface area contributed by atoms with Crippen LogP contribution in [0.1, 0.15) is 5.56 Å². The Kier molecular flexibility index (Phi) is 5.25. The number of ether oxygens (including phenoxy) is 2.